The van der Waals surface area contributed by atoms with Crippen LogP contribution in [0.15, 0.2) is 0 Å². The molecule has 0 aromatic carbocycles. The molecule has 0 heterocycles. The molecule has 0 radical (unpaired) electrons. The van der Waals surface area contributed by atoms with Crippen molar-refractivity contribution in [2.75, 3.05) is 6.61 Å². The van der Waals surface area contributed by atoms with Gasteiger partial charge in [0.05, 0.1) is 9.53 Å². The van der Waals surface area contributed by atoms with Gasteiger partial charge in [-0.05, 0) is 41.5 Å². The fraction of sp³-hybridized carbons (Fsp3) is 0.909. The minimum Gasteiger partial charge on any atom is -0.377 e. The lowest BCUT2D eigenvalue weighted by Crippen LogP contribution is -2.36. The Morgan fingerprint density at radius 1 is 1.40 bits per heavy atom. The smallest absolute Gasteiger partial charge is 0.204 e. The summed E-state index contributed by atoms with van der Waals surface area (Å²) in [7, 11) is 0. The van der Waals surface area contributed by atoms with Crippen molar-refractivity contribution < 1.29 is 9.53 Å². The van der Waals surface area contributed by atoms with Crippen LogP contribution in [0.2, 0.25) is 0 Å². The molecule has 0 bridgehead atoms. The SMILES string of the molecule is CCOC(C)C(C)(C)SC(=O)C(C)(C)I. The van der Waals surface area contributed by atoms with Crippen LogP contribution in [0.4, 0.5) is 0 Å². The Bertz CT molecular complexity index is 221. The molecule has 0 N–H and O–H groups in total. The Balaban J connectivity index is 4.44. The van der Waals surface area contributed by atoms with Crippen molar-refractivity contribution in [1.29, 1.82) is 0 Å². The van der Waals surface area contributed by atoms with Gasteiger partial charge in [-0.25, -0.2) is 0 Å². The van der Waals surface area contributed by atoms with E-state index in [1.807, 2.05) is 27.7 Å². The Morgan fingerprint density at radius 3 is 2.20 bits per heavy atom. The van der Waals surface area contributed by atoms with Crippen LogP contribution in [0.3, 0.4) is 0 Å². The third kappa shape index (κ3) is 5.54. The maximum Gasteiger partial charge on any atom is 0.204 e. The quantitative estimate of drug-likeness (QED) is 0.562. The second-order valence-corrected chi connectivity index (χ2v) is 8.89. The molecule has 0 aromatic heterocycles. The fourth-order valence-electron chi connectivity index (χ4n) is 0.894. The van der Waals surface area contributed by atoms with E-state index in [1.54, 1.807) is 0 Å². The van der Waals surface area contributed by atoms with Gasteiger partial charge < -0.3 is 4.74 Å². The number of hydrogen-bond donors (Lipinski definition) is 0. The van der Waals surface area contributed by atoms with Gasteiger partial charge in [0.15, 0.2) is 0 Å². The Morgan fingerprint density at radius 2 is 1.87 bits per heavy atom. The summed E-state index contributed by atoms with van der Waals surface area (Å²) in [6.45, 7) is 12.7. The molecule has 1 unspecified atom stereocenters. The van der Waals surface area contributed by atoms with Crippen molar-refractivity contribution >= 4 is 39.5 Å². The lowest BCUT2D eigenvalue weighted by Gasteiger charge is -2.31. The van der Waals surface area contributed by atoms with Crippen LogP contribution in [0.1, 0.15) is 41.5 Å². The van der Waals surface area contributed by atoms with E-state index in [-0.39, 0.29) is 19.4 Å². The van der Waals surface area contributed by atoms with E-state index in [1.165, 1.54) is 11.8 Å². The monoisotopic (exact) mass is 344 g/mol. The van der Waals surface area contributed by atoms with Crippen LogP contribution in [-0.4, -0.2) is 26.0 Å². The molecule has 0 saturated carbocycles. The minimum atomic E-state index is -0.314. The zero-order valence-corrected chi connectivity index (χ0v) is 13.4. The van der Waals surface area contributed by atoms with Gasteiger partial charge in [-0.1, -0.05) is 34.4 Å². The predicted molar refractivity (Wildman–Crippen MR) is 75.9 cm³/mol. The molecular weight excluding hydrogens is 323 g/mol. The highest BCUT2D eigenvalue weighted by Crippen LogP contribution is 2.36. The summed E-state index contributed by atoms with van der Waals surface area (Å²) < 4.78 is 5.06. The molecule has 2 nitrogen and oxygen atoms in total. The summed E-state index contributed by atoms with van der Waals surface area (Å²) in [6.07, 6.45) is 0.0789. The zero-order valence-electron chi connectivity index (χ0n) is 10.4. The van der Waals surface area contributed by atoms with Crippen LogP contribution in [0.25, 0.3) is 0 Å². The molecule has 0 amide bonds. The summed E-state index contributed by atoms with van der Waals surface area (Å²) in [5, 5.41) is 0.208. The highest BCUT2D eigenvalue weighted by molar-refractivity contribution is 14.1. The van der Waals surface area contributed by atoms with E-state index in [2.05, 4.69) is 36.4 Å². The molecule has 0 aromatic rings. The van der Waals surface area contributed by atoms with Crippen LogP contribution in [-0.2, 0) is 9.53 Å². The second kappa shape index (κ2) is 5.87. The number of thioether (sulfide) groups is 1. The maximum atomic E-state index is 11.9. The average Bonchev–Trinajstić information content (AvgIpc) is 2.02. The number of carbonyl (C=O) groups is 1. The Labute approximate surface area is 111 Å². The molecule has 0 fully saturated rings. The van der Waals surface area contributed by atoms with Gasteiger partial charge in [0.1, 0.15) is 0 Å². The van der Waals surface area contributed by atoms with Crippen molar-refractivity contribution in [3.8, 4) is 0 Å². The van der Waals surface area contributed by atoms with Gasteiger partial charge in [0.2, 0.25) is 5.12 Å². The summed E-state index contributed by atoms with van der Waals surface area (Å²) in [6, 6.07) is 0. The Kier molecular flexibility index (Phi) is 6.14. The van der Waals surface area contributed by atoms with Gasteiger partial charge >= 0.3 is 0 Å². The first-order valence-electron chi connectivity index (χ1n) is 5.15. The standard InChI is InChI=1S/C11H21IO2S/c1-7-14-8(2)11(5,6)15-9(13)10(3,4)12/h8H,7H2,1-6H3. The number of hydrogen-bond acceptors (Lipinski definition) is 3. The van der Waals surface area contributed by atoms with Gasteiger partial charge in [0, 0.05) is 11.4 Å². The third-order valence-corrected chi connectivity index (χ3v) is 4.65. The molecule has 1 atom stereocenters. The first-order chi connectivity index (χ1) is 6.61. The van der Waals surface area contributed by atoms with Crippen LogP contribution < -0.4 is 0 Å². The highest BCUT2D eigenvalue weighted by Gasteiger charge is 2.35. The lowest BCUT2D eigenvalue weighted by atomic mass is 10.1. The normalized spacial score (nSPS) is 15.1. The number of carbonyl (C=O) groups excluding carboxylic acids is 1. The molecule has 4 heteroatoms. The highest BCUT2D eigenvalue weighted by atomic mass is 127. The predicted octanol–water partition coefficient (Wildman–Crippen LogP) is 3.66. The summed E-state index contributed by atoms with van der Waals surface area (Å²) in [5.41, 5.74) is 0. The molecule has 0 saturated heterocycles. The zero-order chi connectivity index (χ0) is 12.3. The van der Waals surface area contributed by atoms with Gasteiger partial charge in [0.25, 0.3) is 0 Å². The van der Waals surface area contributed by atoms with E-state index < -0.39 is 0 Å². The van der Waals surface area contributed by atoms with E-state index >= 15 is 0 Å². The lowest BCUT2D eigenvalue weighted by molar-refractivity contribution is -0.112. The summed E-state index contributed by atoms with van der Waals surface area (Å²) in [5.74, 6) is 0. The third-order valence-electron chi connectivity index (χ3n) is 2.24. The van der Waals surface area contributed by atoms with Crippen LogP contribution in [0.5, 0.6) is 0 Å². The molecule has 90 valence electrons. The second-order valence-electron chi connectivity index (χ2n) is 4.56. The average molecular weight is 344 g/mol. The molecule has 0 rings (SSSR count). The molecule has 0 aliphatic carbocycles. The van der Waals surface area contributed by atoms with Crippen molar-refractivity contribution in [3.05, 3.63) is 0 Å². The van der Waals surface area contributed by atoms with Crippen molar-refractivity contribution in [3.63, 3.8) is 0 Å². The summed E-state index contributed by atoms with van der Waals surface area (Å²) >= 11 is 3.56. The number of ether oxygens (including phenoxy) is 1. The van der Waals surface area contributed by atoms with Gasteiger partial charge in [-0.2, -0.15) is 0 Å². The topological polar surface area (TPSA) is 26.3 Å². The van der Waals surface area contributed by atoms with Crippen LogP contribution >= 0.6 is 34.4 Å². The van der Waals surface area contributed by atoms with Crippen molar-refractivity contribution in [1.82, 2.24) is 0 Å². The Hall–Kier alpha value is 0.710. The van der Waals surface area contributed by atoms with E-state index in [9.17, 15) is 4.79 Å². The first-order valence-corrected chi connectivity index (χ1v) is 7.04. The number of alkyl halides is 1. The summed E-state index contributed by atoms with van der Waals surface area (Å²) in [4.78, 5) is 11.9. The van der Waals surface area contributed by atoms with E-state index in [0.29, 0.717) is 6.61 Å². The molecule has 15 heavy (non-hydrogen) atoms. The van der Waals surface area contributed by atoms with Gasteiger partial charge in [-0.3, -0.25) is 4.79 Å². The molecule has 0 aliphatic rings. The molecular formula is C11H21IO2S. The van der Waals surface area contributed by atoms with Gasteiger partial charge in [-0.15, -0.1) is 0 Å². The first kappa shape index (κ1) is 15.7. The van der Waals surface area contributed by atoms with Crippen LogP contribution in [0, 0.1) is 0 Å². The molecule has 0 spiro atoms. The van der Waals surface area contributed by atoms with E-state index in [4.69, 9.17) is 4.74 Å². The van der Waals surface area contributed by atoms with Crippen molar-refractivity contribution in [2.24, 2.45) is 0 Å². The number of rotatable bonds is 5. The maximum absolute atomic E-state index is 11.9. The van der Waals surface area contributed by atoms with Crippen molar-refractivity contribution in [2.45, 2.75) is 55.8 Å². The number of halogens is 1. The molecule has 0 aliphatic heterocycles. The largest absolute Gasteiger partial charge is 0.377 e. The minimum absolute atomic E-state index is 0.0789. The van der Waals surface area contributed by atoms with E-state index in [0.717, 1.165) is 0 Å². The fourth-order valence-corrected chi connectivity index (χ4v) is 2.18.